The first-order valence-electron chi connectivity index (χ1n) is 5.74. The van der Waals surface area contributed by atoms with E-state index in [1.165, 1.54) is 4.80 Å². The first kappa shape index (κ1) is 12.2. The maximum absolute atomic E-state index is 11.3. The molecule has 0 saturated heterocycles. The highest BCUT2D eigenvalue weighted by atomic mass is 16.1. The predicted octanol–water partition coefficient (Wildman–Crippen LogP) is 0.609. The Morgan fingerprint density at radius 1 is 1.39 bits per heavy atom. The third kappa shape index (κ3) is 3.09. The summed E-state index contributed by atoms with van der Waals surface area (Å²) in [7, 11) is 0. The zero-order chi connectivity index (χ0) is 12.8. The van der Waals surface area contributed by atoms with Crippen molar-refractivity contribution in [1.82, 2.24) is 30.5 Å². The number of aromatic nitrogens is 5. The highest BCUT2D eigenvalue weighted by Gasteiger charge is 2.06. The van der Waals surface area contributed by atoms with E-state index in [9.17, 15) is 4.79 Å². The van der Waals surface area contributed by atoms with E-state index in [0.29, 0.717) is 12.2 Å². The second-order valence-corrected chi connectivity index (χ2v) is 3.73. The normalized spacial score (nSPS) is 10.3. The number of rotatable bonds is 5. The minimum atomic E-state index is -0.0136. The van der Waals surface area contributed by atoms with Crippen LogP contribution in [0.25, 0.3) is 11.4 Å². The van der Waals surface area contributed by atoms with Gasteiger partial charge in [-0.1, -0.05) is 6.92 Å². The van der Waals surface area contributed by atoms with E-state index >= 15 is 0 Å². The molecule has 0 spiro atoms. The maximum Gasteiger partial charge on any atom is 0.221 e. The molecular formula is C11H14N6O. The molecule has 2 aromatic rings. The molecule has 2 heterocycles. The van der Waals surface area contributed by atoms with Gasteiger partial charge in [0.1, 0.15) is 6.67 Å². The summed E-state index contributed by atoms with van der Waals surface area (Å²) in [4.78, 5) is 16.6. The first-order chi connectivity index (χ1) is 8.79. The van der Waals surface area contributed by atoms with Gasteiger partial charge in [-0.2, -0.15) is 0 Å². The summed E-state index contributed by atoms with van der Waals surface area (Å²) in [5, 5.41) is 14.7. The van der Waals surface area contributed by atoms with Crippen molar-refractivity contribution in [3.8, 4) is 11.4 Å². The van der Waals surface area contributed by atoms with E-state index in [2.05, 4.69) is 25.7 Å². The van der Waals surface area contributed by atoms with Crippen molar-refractivity contribution in [3.05, 3.63) is 24.5 Å². The molecule has 18 heavy (non-hydrogen) atoms. The quantitative estimate of drug-likeness (QED) is 0.835. The molecule has 7 heteroatoms. The van der Waals surface area contributed by atoms with E-state index in [4.69, 9.17) is 0 Å². The lowest BCUT2D eigenvalue weighted by Crippen LogP contribution is -2.26. The summed E-state index contributed by atoms with van der Waals surface area (Å²) in [5.41, 5.74) is 0.844. The van der Waals surface area contributed by atoms with Gasteiger partial charge in [-0.3, -0.25) is 9.78 Å². The lowest BCUT2D eigenvalue weighted by Gasteiger charge is -2.01. The molecular weight excluding hydrogens is 232 g/mol. The van der Waals surface area contributed by atoms with Gasteiger partial charge in [0.25, 0.3) is 0 Å². The molecule has 0 aliphatic heterocycles. The van der Waals surface area contributed by atoms with Crippen LogP contribution in [0.2, 0.25) is 0 Å². The Kier molecular flexibility index (Phi) is 3.95. The number of carbonyl (C=O) groups is 1. The standard InChI is InChI=1S/C11H14N6O/c1-2-3-10(18)13-8-17-15-11(14-16-17)9-4-6-12-7-5-9/h4-7H,2-3,8H2,1H3,(H,13,18). The van der Waals surface area contributed by atoms with Crippen molar-refractivity contribution >= 4 is 5.91 Å². The minimum Gasteiger partial charge on any atom is -0.335 e. The minimum absolute atomic E-state index is 0.0136. The Morgan fingerprint density at radius 2 is 2.17 bits per heavy atom. The number of pyridine rings is 1. The van der Waals surface area contributed by atoms with Crippen molar-refractivity contribution in [2.24, 2.45) is 0 Å². The number of nitrogens with one attached hydrogen (secondary N) is 1. The van der Waals surface area contributed by atoms with Crippen molar-refractivity contribution in [2.45, 2.75) is 26.4 Å². The molecule has 0 unspecified atom stereocenters. The van der Waals surface area contributed by atoms with Gasteiger partial charge in [-0.15, -0.1) is 15.0 Å². The molecule has 2 aromatic heterocycles. The molecule has 0 atom stereocenters. The van der Waals surface area contributed by atoms with Crippen molar-refractivity contribution in [2.75, 3.05) is 0 Å². The topological polar surface area (TPSA) is 85.6 Å². The van der Waals surface area contributed by atoms with Crippen LogP contribution in [0.3, 0.4) is 0 Å². The molecule has 2 rings (SSSR count). The van der Waals surface area contributed by atoms with Gasteiger partial charge in [0.15, 0.2) is 0 Å². The number of hydrogen-bond acceptors (Lipinski definition) is 5. The Balaban J connectivity index is 1.97. The molecule has 1 N–H and O–H groups in total. The molecule has 0 fully saturated rings. The van der Waals surface area contributed by atoms with E-state index < -0.39 is 0 Å². The van der Waals surface area contributed by atoms with Gasteiger partial charge >= 0.3 is 0 Å². The second kappa shape index (κ2) is 5.85. The average Bonchev–Trinajstić information content (AvgIpc) is 2.87. The zero-order valence-corrected chi connectivity index (χ0v) is 10.1. The Labute approximate surface area is 104 Å². The number of nitrogens with zero attached hydrogens (tertiary/aromatic N) is 5. The monoisotopic (exact) mass is 246 g/mol. The second-order valence-electron chi connectivity index (χ2n) is 3.73. The molecule has 7 nitrogen and oxygen atoms in total. The fourth-order valence-electron chi connectivity index (χ4n) is 1.40. The summed E-state index contributed by atoms with van der Waals surface area (Å²) >= 11 is 0. The largest absolute Gasteiger partial charge is 0.335 e. The third-order valence-electron chi connectivity index (χ3n) is 2.29. The predicted molar refractivity (Wildman–Crippen MR) is 64.1 cm³/mol. The summed E-state index contributed by atoms with van der Waals surface area (Å²) in [6.45, 7) is 2.19. The van der Waals surface area contributed by atoms with Crippen LogP contribution in [-0.4, -0.2) is 31.1 Å². The van der Waals surface area contributed by atoms with E-state index in [1.807, 2.05) is 6.92 Å². The van der Waals surface area contributed by atoms with Crippen molar-refractivity contribution in [1.29, 1.82) is 0 Å². The van der Waals surface area contributed by atoms with Gasteiger partial charge in [0.2, 0.25) is 11.7 Å². The van der Waals surface area contributed by atoms with Crippen LogP contribution >= 0.6 is 0 Å². The molecule has 0 aromatic carbocycles. The Morgan fingerprint density at radius 3 is 2.89 bits per heavy atom. The SMILES string of the molecule is CCCC(=O)NCn1nnc(-c2ccncc2)n1. The summed E-state index contributed by atoms with van der Waals surface area (Å²) in [6.07, 6.45) is 4.66. The summed E-state index contributed by atoms with van der Waals surface area (Å²) in [6, 6.07) is 3.61. The van der Waals surface area contributed by atoms with Crippen molar-refractivity contribution < 1.29 is 4.79 Å². The molecule has 94 valence electrons. The van der Waals surface area contributed by atoms with Crippen LogP contribution in [0.4, 0.5) is 0 Å². The van der Waals surface area contributed by atoms with Crippen LogP contribution < -0.4 is 5.32 Å². The highest BCUT2D eigenvalue weighted by molar-refractivity contribution is 5.75. The van der Waals surface area contributed by atoms with Crippen LogP contribution in [0, 0.1) is 0 Å². The van der Waals surface area contributed by atoms with Crippen LogP contribution in [0.15, 0.2) is 24.5 Å². The van der Waals surface area contributed by atoms with E-state index in [0.717, 1.165) is 12.0 Å². The molecule has 0 radical (unpaired) electrons. The van der Waals surface area contributed by atoms with Gasteiger partial charge in [-0.25, -0.2) is 0 Å². The highest BCUT2D eigenvalue weighted by Crippen LogP contribution is 2.10. The van der Waals surface area contributed by atoms with Crippen LogP contribution in [0.5, 0.6) is 0 Å². The lowest BCUT2D eigenvalue weighted by atomic mass is 10.3. The fraction of sp³-hybridized carbons (Fsp3) is 0.364. The number of hydrogen-bond donors (Lipinski definition) is 1. The number of carbonyl (C=O) groups excluding carboxylic acids is 1. The summed E-state index contributed by atoms with van der Waals surface area (Å²) in [5.74, 6) is 0.502. The molecule has 0 bridgehead atoms. The Hall–Kier alpha value is -2.31. The Bertz CT molecular complexity index is 509. The fourth-order valence-corrected chi connectivity index (χ4v) is 1.40. The average molecular weight is 246 g/mol. The number of amides is 1. The molecule has 0 aliphatic rings. The third-order valence-corrected chi connectivity index (χ3v) is 2.29. The van der Waals surface area contributed by atoms with Crippen molar-refractivity contribution in [3.63, 3.8) is 0 Å². The van der Waals surface area contributed by atoms with Crippen LogP contribution in [-0.2, 0) is 11.5 Å². The van der Waals surface area contributed by atoms with Gasteiger partial charge < -0.3 is 5.32 Å². The zero-order valence-electron chi connectivity index (χ0n) is 10.1. The number of tetrazole rings is 1. The summed E-state index contributed by atoms with van der Waals surface area (Å²) < 4.78 is 0. The lowest BCUT2D eigenvalue weighted by molar-refractivity contribution is -0.121. The first-order valence-corrected chi connectivity index (χ1v) is 5.74. The van der Waals surface area contributed by atoms with Crippen LogP contribution in [0.1, 0.15) is 19.8 Å². The molecule has 1 amide bonds. The maximum atomic E-state index is 11.3. The van der Waals surface area contributed by atoms with Gasteiger partial charge in [0.05, 0.1) is 0 Å². The molecule has 0 saturated carbocycles. The smallest absolute Gasteiger partial charge is 0.221 e. The van der Waals surface area contributed by atoms with Gasteiger partial charge in [0, 0.05) is 24.4 Å². The van der Waals surface area contributed by atoms with Gasteiger partial charge in [-0.05, 0) is 23.8 Å². The van der Waals surface area contributed by atoms with E-state index in [1.54, 1.807) is 24.5 Å². The molecule has 0 aliphatic carbocycles. The van der Waals surface area contributed by atoms with E-state index in [-0.39, 0.29) is 12.6 Å².